The van der Waals surface area contributed by atoms with Crippen LogP contribution in [0.4, 0.5) is 4.79 Å². The molecule has 2 aromatic carbocycles. The third-order valence-electron chi connectivity index (χ3n) is 3.52. The van der Waals surface area contributed by atoms with Gasteiger partial charge in [0, 0.05) is 6.42 Å². The second-order valence-electron chi connectivity index (χ2n) is 6.84. The summed E-state index contributed by atoms with van der Waals surface area (Å²) in [7, 11) is 0. The van der Waals surface area contributed by atoms with E-state index < -0.39 is 17.7 Å². The van der Waals surface area contributed by atoms with Crippen LogP contribution in [0, 0.1) is 0 Å². The number of ether oxygens (including phenoxy) is 1. The van der Waals surface area contributed by atoms with Crippen LogP contribution >= 0.6 is 11.8 Å². The van der Waals surface area contributed by atoms with Crippen LogP contribution in [0.3, 0.4) is 0 Å². The van der Waals surface area contributed by atoms with Crippen molar-refractivity contribution in [2.45, 2.75) is 45.8 Å². The summed E-state index contributed by atoms with van der Waals surface area (Å²) >= 11 is 1.21. The first kappa shape index (κ1) is 19.3. The fraction of sp³-hybridized carbons (Fsp3) is 0.400. The quantitative estimate of drug-likeness (QED) is 0.850. The van der Waals surface area contributed by atoms with Gasteiger partial charge in [0.1, 0.15) is 11.6 Å². The molecule has 2 rings (SSSR count). The van der Waals surface area contributed by atoms with Crippen molar-refractivity contribution in [3.8, 4) is 0 Å². The summed E-state index contributed by atoms with van der Waals surface area (Å²) in [6, 6.07) is 13.6. The van der Waals surface area contributed by atoms with Crippen molar-refractivity contribution in [2.24, 2.45) is 0 Å². The Bertz CT molecular complexity index is 752. The average Bonchev–Trinajstić information content (AvgIpc) is 2.52. The van der Waals surface area contributed by atoms with Gasteiger partial charge in [-0.2, -0.15) is 0 Å². The molecule has 25 heavy (non-hydrogen) atoms. The van der Waals surface area contributed by atoms with Crippen LogP contribution in [-0.2, 0) is 16.0 Å². The van der Waals surface area contributed by atoms with Gasteiger partial charge in [-0.3, -0.25) is 4.79 Å². The second kappa shape index (κ2) is 8.39. The summed E-state index contributed by atoms with van der Waals surface area (Å²) in [5.41, 5.74) is 0.406. The van der Waals surface area contributed by atoms with E-state index in [-0.39, 0.29) is 5.12 Å². The highest BCUT2D eigenvalue weighted by molar-refractivity contribution is 8.13. The van der Waals surface area contributed by atoms with E-state index in [1.165, 1.54) is 11.8 Å². The minimum atomic E-state index is -0.610. The number of benzene rings is 2. The number of nitrogens with one attached hydrogen (secondary N) is 1. The topological polar surface area (TPSA) is 55.4 Å². The highest BCUT2D eigenvalue weighted by atomic mass is 32.2. The Morgan fingerprint density at radius 2 is 1.80 bits per heavy atom. The lowest BCUT2D eigenvalue weighted by Gasteiger charge is -2.23. The van der Waals surface area contributed by atoms with Gasteiger partial charge in [0.05, 0.1) is 0 Å². The van der Waals surface area contributed by atoms with Crippen molar-refractivity contribution in [1.29, 1.82) is 0 Å². The molecule has 134 valence electrons. The lowest BCUT2D eigenvalue weighted by Crippen LogP contribution is -2.43. The van der Waals surface area contributed by atoms with E-state index in [9.17, 15) is 9.59 Å². The van der Waals surface area contributed by atoms with E-state index in [1.807, 2.05) is 43.3 Å². The van der Waals surface area contributed by atoms with Crippen LogP contribution in [0.15, 0.2) is 42.5 Å². The Morgan fingerprint density at radius 1 is 1.12 bits per heavy atom. The van der Waals surface area contributed by atoms with Crippen molar-refractivity contribution in [1.82, 2.24) is 5.32 Å². The molecule has 0 bridgehead atoms. The minimum absolute atomic E-state index is 0.0542. The van der Waals surface area contributed by atoms with Gasteiger partial charge < -0.3 is 10.1 Å². The SMILES string of the molecule is CCSC(=O)C(Cc1ccc2ccccc2c1)NC(=O)OC(C)(C)C. The van der Waals surface area contributed by atoms with Crippen molar-refractivity contribution < 1.29 is 14.3 Å². The molecule has 0 radical (unpaired) electrons. The van der Waals surface area contributed by atoms with Crippen molar-refractivity contribution in [3.05, 3.63) is 48.0 Å². The van der Waals surface area contributed by atoms with Crippen LogP contribution in [0.1, 0.15) is 33.3 Å². The van der Waals surface area contributed by atoms with E-state index in [0.717, 1.165) is 16.3 Å². The highest BCUT2D eigenvalue weighted by Gasteiger charge is 2.24. The molecule has 0 aliphatic rings. The molecular formula is C20H25NO3S. The second-order valence-corrected chi connectivity index (χ2v) is 8.10. The predicted molar refractivity (Wildman–Crippen MR) is 104 cm³/mol. The van der Waals surface area contributed by atoms with Gasteiger partial charge in [-0.05, 0) is 42.9 Å². The monoisotopic (exact) mass is 359 g/mol. The maximum Gasteiger partial charge on any atom is 0.408 e. The molecule has 0 heterocycles. The first-order valence-corrected chi connectivity index (χ1v) is 9.41. The van der Waals surface area contributed by atoms with E-state index in [4.69, 9.17) is 4.74 Å². The largest absolute Gasteiger partial charge is 0.444 e. The number of alkyl carbamates (subject to hydrolysis) is 1. The molecule has 2 aromatic rings. The molecule has 0 spiro atoms. The average molecular weight is 359 g/mol. The summed E-state index contributed by atoms with van der Waals surface area (Å²) in [5.74, 6) is 0.670. The van der Waals surface area contributed by atoms with Crippen molar-refractivity contribution in [3.63, 3.8) is 0 Å². The Balaban J connectivity index is 2.16. The van der Waals surface area contributed by atoms with Gasteiger partial charge in [-0.1, -0.05) is 61.2 Å². The zero-order valence-corrected chi connectivity index (χ0v) is 16.0. The Labute approximate surface area is 153 Å². The number of rotatable bonds is 5. The molecule has 0 saturated heterocycles. The molecule has 1 N–H and O–H groups in total. The molecule has 0 aliphatic heterocycles. The normalized spacial score (nSPS) is 12.6. The number of fused-ring (bicyclic) bond motifs is 1. The molecule has 0 saturated carbocycles. The lowest BCUT2D eigenvalue weighted by atomic mass is 10.0. The van der Waals surface area contributed by atoms with E-state index in [1.54, 1.807) is 20.8 Å². The van der Waals surface area contributed by atoms with E-state index >= 15 is 0 Å². The standard InChI is InChI=1S/C20H25NO3S/c1-5-25-18(22)17(21-19(23)24-20(2,3)4)13-14-10-11-15-8-6-7-9-16(15)12-14/h6-12,17H,5,13H2,1-4H3,(H,21,23). The van der Waals surface area contributed by atoms with Crippen molar-refractivity contribution in [2.75, 3.05) is 5.75 Å². The molecule has 1 atom stereocenters. The smallest absolute Gasteiger partial charge is 0.408 e. The van der Waals surface area contributed by atoms with Crippen molar-refractivity contribution >= 4 is 33.7 Å². The number of hydrogen-bond acceptors (Lipinski definition) is 4. The molecule has 0 aromatic heterocycles. The summed E-state index contributed by atoms with van der Waals surface area (Å²) in [6.45, 7) is 7.32. The summed E-state index contributed by atoms with van der Waals surface area (Å²) in [5, 5.41) is 4.94. The first-order chi connectivity index (χ1) is 11.8. The number of hydrogen-bond donors (Lipinski definition) is 1. The van der Waals surface area contributed by atoms with Gasteiger partial charge in [-0.15, -0.1) is 0 Å². The number of amides is 1. The minimum Gasteiger partial charge on any atom is -0.444 e. The predicted octanol–water partition coefficient (Wildman–Crippen LogP) is 4.56. The molecular weight excluding hydrogens is 334 g/mol. The van der Waals surface area contributed by atoms with Crippen LogP contribution in [-0.4, -0.2) is 28.6 Å². The fourth-order valence-corrected chi connectivity index (χ4v) is 3.12. The Kier molecular flexibility index (Phi) is 6.48. The summed E-state index contributed by atoms with van der Waals surface area (Å²) < 4.78 is 5.29. The zero-order valence-electron chi connectivity index (χ0n) is 15.2. The lowest BCUT2D eigenvalue weighted by molar-refractivity contribution is -0.112. The third kappa shape index (κ3) is 6.09. The van der Waals surface area contributed by atoms with E-state index in [0.29, 0.717) is 12.2 Å². The molecule has 1 amide bonds. The summed E-state index contributed by atoms with van der Waals surface area (Å²) in [6.07, 6.45) is -0.126. The number of carbonyl (C=O) groups is 2. The maximum atomic E-state index is 12.4. The highest BCUT2D eigenvalue weighted by Crippen LogP contribution is 2.18. The molecule has 0 fully saturated rings. The van der Waals surface area contributed by atoms with E-state index in [2.05, 4.69) is 11.4 Å². The molecule has 5 heteroatoms. The van der Waals surface area contributed by atoms with Gasteiger partial charge >= 0.3 is 6.09 Å². The van der Waals surface area contributed by atoms with Crippen LogP contribution in [0.5, 0.6) is 0 Å². The van der Waals surface area contributed by atoms with Gasteiger partial charge in [-0.25, -0.2) is 4.79 Å². The first-order valence-electron chi connectivity index (χ1n) is 8.42. The van der Waals surface area contributed by atoms with Gasteiger partial charge in [0.15, 0.2) is 0 Å². The summed E-state index contributed by atoms with van der Waals surface area (Å²) in [4.78, 5) is 24.5. The molecule has 4 nitrogen and oxygen atoms in total. The number of thioether (sulfide) groups is 1. The van der Waals surface area contributed by atoms with Gasteiger partial charge in [0.25, 0.3) is 0 Å². The molecule has 0 aliphatic carbocycles. The molecule has 1 unspecified atom stereocenters. The third-order valence-corrected chi connectivity index (χ3v) is 4.37. The fourth-order valence-electron chi connectivity index (χ4n) is 2.49. The van der Waals surface area contributed by atoms with Crippen LogP contribution in [0.2, 0.25) is 0 Å². The Morgan fingerprint density at radius 3 is 2.44 bits per heavy atom. The van der Waals surface area contributed by atoms with Crippen LogP contribution in [0.25, 0.3) is 10.8 Å². The van der Waals surface area contributed by atoms with Crippen LogP contribution < -0.4 is 5.32 Å². The Hall–Kier alpha value is -2.01. The zero-order chi connectivity index (χ0) is 18.4. The number of carbonyl (C=O) groups excluding carboxylic acids is 2. The van der Waals surface area contributed by atoms with Gasteiger partial charge in [0.2, 0.25) is 5.12 Å². The maximum absolute atomic E-state index is 12.4.